The number of halogens is 1. The van der Waals surface area contributed by atoms with Gasteiger partial charge in [-0.15, -0.1) is 0 Å². The highest BCUT2D eigenvalue weighted by Gasteiger charge is 2.31. The first-order valence-corrected chi connectivity index (χ1v) is 13.4. The Hall–Kier alpha value is -4.10. The van der Waals surface area contributed by atoms with Gasteiger partial charge >= 0.3 is 5.97 Å². The van der Waals surface area contributed by atoms with E-state index in [0.29, 0.717) is 48.3 Å². The average molecular weight is 545 g/mol. The van der Waals surface area contributed by atoms with E-state index >= 15 is 0 Å². The molecule has 3 aromatic carbocycles. The molecule has 0 saturated carbocycles. The molecule has 2 aliphatic heterocycles. The number of para-hydroxylation sites is 2. The van der Waals surface area contributed by atoms with E-state index < -0.39 is 0 Å². The highest BCUT2D eigenvalue weighted by Crippen LogP contribution is 2.36. The van der Waals surface area contributed by atoms with Crippen LogP contribution in [0.4, 0.5) is 5.69 Å². The van der Waals surface area contributed by atoms with Crippen LogP contribution >= 0.6 is 11.6 Å². The molecule has 39 heavy (non-hydrogen) atoms. The standard InChI is InChI=1S/C31H29ClN2O5/c1-2-38-31(37)24-6-5-17-33(20-24)29(35)23-13-9-21(10-14-23)18-28-30(36)34(19-22-11-15-25(32)16-12-22)26-7-3-4-8-27(26)39-28/h3-4,7-16,18,24H,2,5-6,17,19-20H2,1H3/b28-18+/t24-/m1/s1. The highest BCUT2D eigenvalue weighted by molar-refractivity contribution is 6.30. The maximum atomic E-state index is 13.5. The first-order valence-electron chi connectivity index (χ1n) is 13.0. The van der Waals surface area contributed by atoms with Gasteiger partial charge in [-0.2, -0.15) is 0 Å². The number of amides is 2. The molecule has 3 aromatic rings. The lowest BCUT2D eigenvalue weighted by atomic mass is 9.97. The molecule has 1 fully saturated rings. The Bertz CT molecular complexity index is 1400. The summed E-state index contributed by atoms with van der Waals surface area (Å²) in [6, 6.07) is 21.8. The molecule has 0 aromatic heterocycles. The average Bonchev–Trinajstić information content (AvgIpc) is 2.96. The van der Waals surface area contributed by atoms with Gasteiger partial charge in [0.05, 0.1) is 24.8 Å². The molecule has 0 N–H and O–H groups in total. The molecular weight excluding hydrogens is 516 g/mol. The van der Waals surface area contributed by atoms with Crippen molar-refractivity contribution in [2.75, 3.05) is 24.6 Å². The van der Waals surface area contributed by atoms with Gasteiger partial charge in [0.15, 0.2) is 11.5 Å². The number of esters is 1. The molecule has 5 rings (SSSR count). The van der Waals surface area contributed by atoms with E-state index in [-0.39, 0.29) is 29.5 Å². The van der Waals surface area contributed by atoms with Crippen LogP contribution in [0.5, 0.6) is 5.75 Å². The van der Waals surface area contributed by atoms with Crippen LogP contribution in [0.1, 0.15) is 41.3 Å². The number of ether oxygens (including phenoxy) is 2. The van der Waals surface area contributed by atoms with Crippen molar-refractivity contribution in [3.05, 3.63) is 100 Å². The first kappa shape index (κ1) is 26.5. The lowest BCUT2D eigenvalue weighted by Crippen LogP contribution is -2.42. The van der Waals surface area contributed by atoms with Crippen molar-refractivity contribution in [1.82, 2.24) is 4.90 Å². The Morgan fingerprint density at radius 3 is 2.54 bits per heavy atom. The van der Waals surface area contributed by atoms with Gasteiger partial charge in [-0.25, -0.2) is 0 Å². The maximum Gasteiger partial charge on any atom is 0.310 e. The minimum atomic E-state index is -0.292. The van der Waals surface area contributed by atoms with Crippen molar-refractivity contribution in [2.45, 2.75) is 26.3 Å². The summed E-state index contributed by atoms with van der Waals surface area (Å²) < 4.78 is 11.1. The summed E-state index contributed by atoms with van der Waals surface area (Å²) >= 11 is 6.03. The molecule has 7 nitrogen and oxygen atoms in total. The van der Waals surface area contributed by atoms with Crippen molar-refractivity contribution in [2.24, 2.45) is 5.92 Å². The fourth-order valence-electron chi connectivity index (χ4n) is 4.86. The number of anilines is 1. The van der Waals surface area contributed by atoms with Gasteiger partial charge in [0.2, 0.25) is 0 Å². The number of rotatable bonds is 6. The number of benzene rings is 3. The second-order valence-electron chi connectivity index (χ2n) is 9.56. The number of hydrogen-bond donors (Lipinski definition) is 0. The fourth-order valence-corrected chi connectivity index (χ4v) is 4.99. The Morgan fingerprint density at radius 2 is 1.79 bits per heavy atom. The SMILES string of the molecule is CCOC(=O)[C@@H]1CCCN(C(=O)c2ccc(/C=C3/Oc4ccccc4N(Cc4ccc(Cl)cc4)C3=O)cc2)C1. The van der Waals surface area contributed by atoms with Gasteiger partial charge in [-0.05, 0) is 73.4 Å². The van der Waals surface area contributed by atoms with E-state index in [4.69, 9.17) is 21.1 Å². The number of nitrogens with zero attached hydrogens (tertiary/aromatic N) is 2. The zero-order valence-corrected chi connectivity index (χ0v) is 22.4. The van der Waals surface area contributed by atoms with Crippen LogP contribution in [0.3, 0.4) is 0 Å². The molecule has 2 aliphatic rings. The molecule has 2 amide bonds. The van der Waals surface area contributed by atoms with Crippen LogP contribution in [0, 0.1) is 5.92 Å². The van der Waals surface area contributed by atoms with Crippen LogP contribution < -0.4 is 9.64 Å². The largest absolute Gasteiger partial charge is 0.466 e. The number of fused-ring (bicyclic) bond motifs is 1. The van der Waals surface area contributed by atoms with Gasteiger partial charge in [-0.1, -0.05) is 48.0 Å². The molecule has 0 unspecified atom stereocenters. The number of carbonyl (C=O) groups is 3. The van der Waals surface area contributed by atoms with Crippen molar-refractivity contribution < 1.29 is 23.9 Å². The van der Waals surface area contributed by atoms with Crippen LogP contribution in [0.15, 0.2) is 78.6 Å². The molecule has 0 spiro atoms. The number of hydrogen-bond acceptors (Lipinski definition) is 5. The molecule has 2 heterocycles. The summed E-state index contributed by atoms with van der Waals surface area (Å²) in [4.78, 5) is 42.2. The quantitative estimate of drug-likeness (QED) is 0.293. The highest BCUT2D eigenvalue weighted by atomic mass is 35.5. The third-order valence-corrected chi connectivity index (χ3v) is 7.12. The summed E-state index contributed by atoms with van der Waals surface area (Å²) in [7, 11) is 0. The third-order valence-electron chi connectivity index (χ3n) is 6.87. The smallest absolute Gasteiger partial charge is 0.310 e. The monoisotopic (exact) mass is 544 g/mol. The molecular formula is C31H29ClN2O5. The lowest BCUT2D eigenvalue weighted by Gasteiger charge is -2.31. The second kappa shape index (κ2) is 11.7. The van der Waals surface area contributed by atoms with Gasteiger partial charge in [-0.3, -0.25) is 19.3 Å². The molecule has 1 atom stereocenters. The predicted molar refractivity (Wildman–Crippen MR) is 149 cm³/mol. The molecule has 0 aliphatic carbocycles. The van der Waals surface area contributed by atoms with Crippen LogP contribution in [-0.2, 0) is 20.9 Å². The van der Waals surface area contributed by atoms with Crippen molar-refractivity contribution in [3.63, 3.8) is 0 Å². The summed E-state index contributed by atoms with van der Waals surface area (Å²) in [5, 5.41) is 0.633. The van der Waals surface area contributed by atoms with E-state index in [2.05, 4.69) is 0 Å². The van der Waals surface area contributed by atoms with Crippen LogP contribution in [0.25, 0.3) is 6.08 Å². The summed E-state index contributed by atoms with van der Waals surface area (Å²) in [6.07, 6.45) is 3.16. The normalized spacial score (nSPS) is 17.9. The van der Waals surface area contributed by atoms with Gasteiger partial charge in [0, 0.05) is 23.7 Å². The molecule has 1 saturated heterocycles. The number of carbonyl (C=O) groups excluding carboxylic acids is 3. The van der Waals surface area contributed by atoms with Crippen molar-refractivity contribution in [3.8, 4) is 5.75 Å². The topological polar surface area (TPSA) is 76.2 Å². The van der Waals surface area contributed by atoms with Crippen LogP contribution in [0.2, 0.25) is 5.02 Å². The summed E-state index contributed by atoms with van der Waals surface area (Å²) in [5.74, 6) is -0.153. The number of likely N-dealkylation sites (tertiary alicyclic amines) is 1. The van der Waals surface area contributed by atoms with Crippen LogP contribution in [-0.4, -0.2) is 42.4 Å². The van der Waals surface area contributed by atoms with E-state index in [9.17, 15) is 14.4 Å². The van der Waals surface area contributed by atoms with Crippen molar-refractivity contribution in [1.29, 1.82) is 0 Å². The van der Waals surface area contributed by atoms with E-state index in [1.54, 1.807) is 59.2 Å². The van der Waals surface area contributed by atoms with Crippen molar-refractivity contribution >= 4 is 41.1 Å². The third kappa shape index (κ3) is 5.99. The Morgan fingerprint density at radius 1 is 1.05 bits per heavy atom. The summed E-state index contributed by atoms with van der Waals surface area (Å²) in [6.45, 7) is 3.43. The predicted octanol–water partition coefficient (Wildman–Crippen LogP) is 5.72. The van der Waals surface area contributed by atoms with E-state index in [1.165, 1.54) is 0 Å². The Balaban J connectivity index is 1.33. The zero-order valence-electron chi connectivity index (χ0n) is 21.6. The van der Waals surface area contributed by atoms with Gasteiger partial charge < -0.3 is 14.4 Å². The van der Waals surface area contributed by atoms with Gasteiger partial charge in [0.1, 0.15) is 0 Å². The fraction of sp³-hybridized carbons (Fsp3) is 0.258. The van der Waals surface area contributed by atoms with E-state index in [1.807, 2.05) is 36.4 Å². The molecule has 200 valence electrons. The Kier molecular flexibility index (Phi) is 7.98. The van der Waals surface area contributed by atoms with Gasteiger partial charge in [0.25, 0.3) is 11.8 Å². The first-order chi connectivity index (χ1) is 18.9. The minimum absolute atomic E-state index is 0.128. The summed E-state index contributed by atoms with van der Waals surface area (Å²) in [5.41, 5.74) is 2.88. The van der Waals surface area contributed by atoms with E-state index in [0.717, 1.165) is 24.0 Å². The molecule has 0 radical (unpaired) electrons. The second-order valence-corrected chi connectivity index (χ2v) is 10.00. The maximum absolute atomic E-state index is 13.5. The molecule has 0 bridgehead atoms. The number of piperidine rings is 1. The zero-order chi connectivity index (χ0) is 27.4. The lowest BCUT2D eigenvalue weighted by molar-refractivity contribution is -0.149. The molecule has 8 heteroatoms. The Labute approximate surface area is 232 Å². The minimum Gasteiger partial charge on any atom is -0.466 e.